The summed E-state index contributed by atoms with van der Waals surface area (Å²) in [5.74, 6) is -0.665. The molecule has 0 aliphatic carbocycles. The van der Waals surface area contributed by atoms with E-state index in [1.54, 1.807) is 6.92 Å². The molecule has 8 nitrogen and oxygen atoms in total. The Labute approximate surface area is 151 Å². The lowest BCUT2D eigenvalue weighted by Gasteiger charge is -2.12. The van der Waals surface area contributed by atoms with Crippen molar-refractivity contribution in [3.8, 4) is 0 Å². The van der Waals surface area contributed by atoms with Gasteiger partial charge in [-0.2, -0.15) is 0 Å². The minimum atomic E-state index is -0.873. The molecule has 2 aromatic heterocycles. The summed E-state index contributed by atoms with van der Waals surface area (Å²) in [6, 6.07) is 5.52. The number of esters is 1. The van der Waals surface area contributed by atoms with Gasteiger partial charge in [0, 0.05) is 10.9 Å². The first-order chi connectivity index (χ1) is 12.3. The van der Waals surface area contributed by atoms with E-state index in [1.165, 1.54) is 35.6 Å². The average Bonchev–Trinajstić information content (AvgIpc) is 2.89. The summed E-state index contributed by atoms with van der Waals surface area (Å²) in [6.07, 6.45) is -0.873. The van der Waals surface area contributed by atoms with E-state index in [4.69, 9.17) is 4.74 Å². The topological polar surface area (TPSA) is 115 Å². The maximum absolute atomic E-state index is 12.3. The van der Waals surface area contributed by atoms with Crippen LogP contribution in [0.2, 0.25) is 0 Å². The van der Waals surface area contributed by atoms with Gasteiger partial charge in [0.2, 0.25) is 0 Å². The van der Waals surface area contributed by atoms with E-state index in [2.05, 4.69) is 9.97 Å². The summed E-state index contributed by atoms with van der Waals surface area (Å²) in [5, 5.41) is 11.6. The quantitative estimate of drug-likeness (QED) is 0.425. The number of carbonyl (C=O) groups excluding carboxylic acids is 1. The molecule has 134 valence electrons. The molecule has 0 saturated heterocycles. The summed E-state index contributed by atoms with van der Waals surface area (Å²) >= 11 is 1.39. The molecule has 1 N–H and O–H groups in total. The number of H-pyrrole nitrogens is 1. The zero-order chi connectivity index (χ0) is 19.0. The number of para-hydroxylation sites is 1. The van der Waals surface area contributed by atoms with Gasteiger partial charge in [0.25, 0.3) is 11.2 Å². The van der Waals surface area contributed by atoms with Gasteiger partial charge in [-0.05, 0) is 32.4 Å². The van der Waals surface area contributed by atoms with Gasteiger partial charge < -0.3 is 9.72 Å². The number of fused-ring (bicyclic) bond motifs is 1. The SMILES string of the molecule is Cc1sc2nc(C(C)OC(=O)c3ccccc3[N+](=O)[O-])[nH]c(=O)c2c1C. The molecule has 3 rings (SSSR count). The van der Waals surface area contributed by atoms with Gasteiger partial charge in [0.1, 0.15) is 10.4 Å². The number of nitro groups is 1. The summed E-state index contributed by atoms with van der Waals surface area (Å²) in [6.45, 7) is 5.30. The molecular weight excluding hydrogens is 358 g/mol. The fourth-order valence-corrected chi connectivity index (χ4v) is 3.59. The second-order valence-electron chi connectivity index (χ2n) is 5.74. The lowest BCUT2D eigenvalue weighted by molar-refractivity contribution is -0.385. The number of carbonyl (C=O) groups is 1. The highest BCUT2D eigenvalue weighted by molar-refractivity contribution is 7.18. The Bertz CT molecular complexity index is 1090. The number of nitrogens with zero attached hydrogens (tertiary/aromatic N) is 2. The Kier molecular flexibility index (Phi) is 4.56. The highest BCUT2D eigenvalue weighted by atomic mass is 32.1. The van der Waals surface area contributed by atoms with Crippen molar-refractivity contribution in [2.24, 2.45) is 0 Å². The average molecular weight is 373 g/mol. The van der Waals surface area contributed by atoms with E-state index in [9.17, 15) is 19.7 Å². The van der Waals surface area contributed by atoms with Gasteiger partial charge in [0.05, 0.1) is 10.3 Å². The maximum Gasteiger partial charge on any atom is 0.345 e. The Morgan fingerprint density at radius 1 is 1.35 bits per heavy atom. The predicted molar refractivity (Wildman–Crippen MR) is 96.6 cm³/mol. The largest absolute Gasteiger partial charge is 0.451 e. The van der Waals surface area contributed by atoms with Gasteiger partial charge in [-0.3, -0.25) is 14.9 Å². The van der Waals surface area contributed by atoms with Gasteiger partial charge in [-0.1, -0.05) is 12.1 Å². The van der Waals surface area contributed by atoms with Crippen LogP contribution in [0.1, 0.15) is 39.7 Å². The van der Waals surface area contributed by atoms with E-state index < -0.39 is 17.0 Å². The van der Waals surface area contributed by atoms with Crippen molar-refractivity contribution >= 4 is 33.2 Å². The zero-order valence-corrected chi connectivity index (χ0v) is 15.0. The predicted octanol–water partition coefficient (Wildman–Crippen LogP) is 3.43. The van der Waals surface area contributed by atoms with Crippen LogP contribution in [0.15, 0.2) is 29.1 Å². The van der Waals surface area contributed by atoms with Crippen LogP contribution in [0, 0.1) is 24.0 Å². The molecule has 3 aromatic rings. The molecule has 2 heterocycles. The number of thiophene rings is 1. The number of nitrogens with one attached hydrogen (secondary N) is 1. The standard InChI is InChI=1S/C17H15N3O5S/c1-8-10(3)26-16-13(8)15(21)18-14(19-16)9(2)25-17(22)11-6-4-5-7-12(11)20(23)24/h4-7,9H,1-3H3,(H,18,19,21). The number of aryl methyl sites for hydroxylation is 2. The van der Waals surface area contributed by atoms with Crippen molar-refractivity contribution in [3.63, 3.8) is 0 Å². The number of nitro benzene ring substituents is 1. The van der Waals surface area contributed by atoms with Crippen molar-refractivity contribution in [3.05, 3.63) is 66.6 Å². The number of rotatable bonds is 4. The Morgan fingerprint density at radius 3 is 2.73 bits per heavy atom. The lowest BCUT2D eigenvalue weighted by Crippen LogP contribution is -2.17. The molecule has 1 atom stereocenters. The van der Waals surface area contributed by atoms with Crippen LogP contribution < -0.4 is 5.56 Å². The van der Waals surface area contributed by atoms with Gasteiger partial charge >= 0.3 is 5.97 Å². The first-order valence-electron chi connectivity index (χ1n) is 7.74. The van der Waals surface area contributed by atoms with Crippen LogP contribution in [0.5, 0.6) is 0 Å². The number of hydrogen-bond acceptors (Lipinski definition) is 7. The number of ether oxygens (including phenoxy) is 1. The van der Waals surface area contributed by atoms with Gasteiger partial charge in [-0.15, -0.1) is 11.3 Å². The molecule has 1 unspecified atom stereocenters. The van der Waals surface area contributed by atoms with Crippen LogP contribution in [0.3, 0.4) is 0 Å². The molecule has 0 aliphatic heterocycles. The smallest absolute Gasteiger partial charge is 0.345 e. The molecule has 0 radical (unpaired) electrons. The van der Waals surface area contributed by atoms with Crippen LogP contribution in [0.25, 0.3) is 10.2 Å². The van der Waals surface area contributed by atoms with E-state index in [-0.39, 0.29) is 22.6 Å². The lowest BCUT2D eigenvalue weighted by atomic mass is 10.2. The van der Waals surface area contributed by atoms with Crippen molar-refractivity contribution in [1.82, 2.24) is 9.97 Å². The maximum atomic E-state index is 12.3. The van der Waals surface area contributed by atoms with E-state index in [1.807, 2.05) is 13.8 Å². The normalized spacial score (nSPS) is 12.1. The highest BCUT2D eigenvalue weighted by Crippen LogP contribution is 2.27. The zero-order valence-electron chi connectivity index (χ0n) is 14.2. The van der Waals surface area contributed by atoms with Crippen LogP contribution >= 0.6 is 11.3 Å². The second-order valence-corrected chi connectivity index (χ2v) is 6.94. The summed E-state index contributed by atoms with van der Waals surface area (Å²) in [5.41, 5.74) is 0.0667. The molecule has 0 saturated carbocycles. The molecule has 0 bridgehead atoms. The monoisotopic (exact) mass is 373 g/mol. The third-order valence-electron chi connectivity index (χ3n) is 4.05. The fraction of sp³-hybridized carbons (Fsp3) is 0.235. The van der Waals surface area contributed by atoms with Crippen LogP contribution in [-0.4, -0.2) is 20.9 Å². The molecule has 0 amide bonds. The van der Waals surface area contributed by atoms with Crippen molar-refractivity contribution in [2.45, 2.75) is 26.9 Å². The molecule has 1 aromatic carbocycles. The van der Waals surface area contributed by atoms with E-state index in [0.717, 1.165) is 10.4 Å². The molecule has 9 heteroatoms. The number of benzene rings is 1. The first-order valence-corrected chi connectivity index (χ1v) is 8.55. The minimum absolute atomic E-state index is 0.157. The van der Waals surface area contributed by atoms with Crippen LogP contribution in [0.4, 0.5) is 5.69 Å². The minimum Gasteiger partial charge on any atom is -0.451 e. The van der Waals surface area contributed by atoms with Crippen molar-refractivity contribution in [1.29, 1.82) is 0 Å². The Hall–Kier alpha value is -3.07. The highest BCUT2D eigenvalue weighted by Gasteiger charge is 2.24. The molecule has 0 aliphatic rings. The molecule has 26 heavy (non-hydrogen) atoms. The molecule has 0 fully saturated rings. The first kappa shape index (κ1) is 17.7. The van der Waals surface area contributed by atoms with E-state index >= 15 is 0 Å². The van der Waals surface area contributed by atoms with Crippen LogP contribution in [-0.2, 0) is 4.74 Å². The summed E-state index contributed by atoms with van der Waals surface area (Å²) in [7, 11) is 0. The number of aromatic amines is 1. The summed E-state index contributed by atoms with van der Waals surface area (Å²) < 4.78 is 5.28. The fourth-order valence-electron chi connectivity index (χ4n) is 2.55. The number of aromatic nitrogens is 2. The van der Waals surface area contributed by atoms with Crippen molar-refractivity contribution < 1.29 is 14.5 Å². The second kappa shape index (κ2) is 6.68. The van der Waals surface area contributed by atoms with Gasteiger partial charge in [-0.25, -0.2) is 9.78 Å². The third kappa shape index (κ3) is 3.08. The van der Waals surface area contributed by atoms with Crippen molar-refractivity contribution in [2.75, 3.05) is 0 Å². The van der Waals surface area contributed by atoms with Gasteiger partial charge in [0.15, 0.2) is 11.9 Å². The summed E-state index contributed by atoms with van der Waals surface area (Å²) in [4.78, 5) is 43.6. The van der Waals surface area contributed by atoms with E-state index in [0.29, 0.717) is 10.2 Å². The molecule has 0 spiro atoms. The Morgan fingerprint density at radius 2 is 2.04 bits per heavy atom. The molecular formula is C17H15N3O5S. The Balaban J connectivity index is 1.92. The third-order valence-corrected chi connectivity index (χ3v) is 5.15. The number of hydrogen-bond donors (Lipinski definition) is 1.